The Hall–Kier alpha value is -0.860. The maximum Gasteiger partial charge on any atom is 0.0450 e. The van der Waals surface area contributed by atoms with Gasteiger partial charge in [-0.15, -0.1) is 0 Å². The van der Waals surface area contributed by atoms with Crippen molar-refractivity contribution in [3.05, 3.63) is 35.4 Å². The summed E-state index contributed by atoms with van der Waals surface area (Å²) in [6.45, 7) is 11.6. The molecule has 118 valence electrons. The Bertz CT molecular complexity index is 429. The van der Waals surface area contributed by atoms with E-state index in [0.29, 0.717) is 11.5 Å². The van der Waals surface area contributed by atoms with E-state index in [2.05, 4.69) is 56.9 Å². The number of likely N-dealkylation sites (tertiary alicyclic amines) is 1. The Labute approximate surface area is 130 Å². The first kappa shape index (κ1) is 16.5. The van der Waals surface area contributed by atoms with Crippen molar-refractivity contribution in [2.75, 3.05) is 13.1 Å². The molecule has 1 aliphatic heterocycles. The van der Waals surface area contributed by atoms with Gasteiger partial charge in [0.2, 0.25) is 0 Å². The maximum absolute atomic E-state index is 6.52. The highest BCUT2D eigenvalue weighted by atomic mass is 15.2. The van der Waals surface area contributed by atoms with Crippen LogP contribution in [-0.2, 0) is 6.42 Å². The van der Waals surface area contributed by atoms with Crippen molar-refractivity contribution in [2.45, 2.75) is 65.5 Å². The van der Waals surface area contributed by atoms with E-state index in [-0.39, 0.29) is 6.04 Å². The zero-order valence-corrected chi connectivity index (χ0v) is 14.2. The molecule has 21 heavy (non-hydrogen) atoms. The second kappa shape index (κ2) is 6.93. The fourth-order valence-corrected chi connectivity index (χ4v) is 3.31. The van der Waals surface area contributed by atoms with Gasteiger partial charge in [-0.2, -0.15) is 0 Å². The Morgan fingerprint density at radius 2 is 1.71 bits per heavy atom. The number of piperidine rings is 1. The monoisotopic (exact) mass is 288 g/mol. The highest BCUT2D eigenvalue weighted by Crippen LogP contribution is 2.35. The molecule has 0 radical (unpaired) electrons. The van der Waals surface area contributed by atoms with Crippen molar-refractivity contribution >= 4 is 0 Å². The van der Waals surface area contributed by atoms with Crippen LogP contribution in [0.15, 0.2) is 24.3 Å². The number of hydrogen-bond donors (Lipinski definition) is 1. The SMILES string of the molecule is CCc1ccc(C(N)C(C)N2CCC(C)(CC)CC2)cc1. The van der Waals surface area contributed by atoms with Gasteiger partial charge in [0, 0.05) is 12.1 Å². The standard InChI is InChI=1S/C19H32N2/c1-5-16-7-9-17(10-8-16)18(20)15(3)21-13-11-19(4,6-2)12-14-21/h7-10,15,18H,5-6,11-14,20H2,1-4H3. The molecule has 0 aliphatic carbocycles. The van der Waals surface area contributed by atoms with Crippen molar-refractivity contribution in [3.8, 4) is 0 Å². The topological polar surface area (TPSA) is 29.3 Å². The van der Waals surface area contributed by atoms with Gasteiger partial charge >= 0.3 is 0 Å². The molecule has 0 spiro atoms. The van der Waals surface area contributed by atoms with E-state index in [4.69, 9.17) is 5.73 Å². The predicted molar refractivity (Wildman–Crippen MR) is 91.4 cm³/mol. The molecule has 1 heterocycles. The summed E-state index contributed by atoms with van der Waals surface area (Å²) in [6, 6.07) is 9.37. The second-order valence-electron chi connectivity index (χ2n) is 7.06. The zero-order chi connectivity index (χ0) is 15.5. The highest BCUT2D eigenvalue weighted by molar-refractivity contribution is 5.25. The number of nitrogens with two attached hydrogens (primary N) is 1. The van der Waals surface area contributed by atoms with Crippen LogP contribution in [0.5, 0.6) is 0 Å². The Kier molecular flexibility index (Phi) is 5.45. The lowest BCUT2D eigenvalue weighted by atomic mass is 9.77. The number of aryl methyl sites for hydroxylation is 1. The Morgan fingerprint density at radius 1 is 1.14 bits per heavy atom. The number of nitrogens with zero attached hydrogens (tertiary/aromatic N) is 1. The van der Waals surface area contributed by atoms with E-state index < -0.39 is 0 Å². The molecular formula is C19H32N2. The summed E-state index contributed by atoms with van der Waals surface area (Å²) in [6.07, 6.45) is 4.98. The minimum atomic E-state index is 0.113. The lowest BCUT2D eigenvalue weighted by Crippen LogP contribution is -2.47. The lowest BCUT2D eigenvalue weighted by molar-refractivity contribution is 0.0770. The third kappa shape index (κ3) is 3.87. The number of hydrogen-bond acceptors (Lipinski definition) is 2. The molecule has 0 amide bonds. The molecule has 2 atom stereocenters. The summed E-state index contributed by atoms with van der Waals surface area (Å²) in [5.74, 6) is 0. The Morgan fingerprint density at radius 3 is 2.19 bits per heavy atom. The van der Waals surface area contributed by atoms with Crippen molar-refractivity contribution in [2.24, 2.45) is 11.1 Å². The van der Waals surface area contributed by atoms with Crippen molar-refractivity contribution in [1.82, 2.24) is 4.90 Å². The van der Waals surface area contributed by atoms with Crippen LogP contribution >= 0.6 is 0 Å². The fraction of sp³-hybridized carbons (Fsp3) is 0.684. The molecule has 0 bridgehead atoms. The smallest absolute Gasteiger partial charge is 0.0450 e. The van der Waals surface area contributed by atoms with Crippen molar-refractivity contribution in [1.29, 1.82) is 0 Å². The molecule has 2 N–H and O–H groups in total. The van der Waals surface area contributed by atoms with Crippen LogP contribution in [0, 0.1) is 5.41 Å². The second-order valence-corrected chi connectivity index (χ2v) is 7.06. The van der Waals surface area contributed by atoms with Crippen LogP contribution < -0.4 is 5.73 Å². The van der Waals surface area contributed by atoms with Crippen LogP contribution in [0.1, 0.15) is 64.1 Å². The average Bonchev–Trinajstić information content (AvgIpc) is 2.54. The summed E-state index contributed by atoms with van der Waals surface area (Å²) in [5.41, 5.74) is 9.72. The van der Waals surface area contributed by atoms with Gasteiger partial charge in [-0.1, -0.05) is 51.5 Å². The normalized spacial score (nSPS) is 22.0. The molecule has 1 aromatic carbocycles. The third-order valence-corrected chi connectivity index (χ3v) is 5.73. The predicted octanol–water partition coefficient (Wildman–Crippen LogP) is 4.15. The van der Waals surface area contributed by atoms with Crippen molar-refractivity contribution in [3.63, 3.8) is 0 Å². The molecule has 1 saturated heterocycles. The summed E-state index contributed by atoms with van der Waals surface area (Å²) in [7, 11) is 0. The molecule has 1 fully saturated rings. The maximum atomic E-state index is 6.52. The minimum absolute atomic E-state index is 0.113. The van der Waals surface area contributed by atoms with Crippen LogP contribution in [0.4, 0.5) is 0 Å². The third-order valence-electron chi connectivity index (χ3n) is 5.73. The van der Waals surface area contributed by atoms with E-state index in [9.17, 15) is 0 Å². The summed E-state index contributed by atoms with van der Waals surface area (Å²) in [4.78, 5) is 2.58. The summed E-state index contributed by atoms with van der Waals surface area (Å²) in [5, 5.41) is 0. The van der Waals surface area contributed by atoms with Gasteiger partial charge in [-0.25, -0.2) is 0 Å². The Balaban J connectivity index is 1.97. The molecule has 2 nitrogen and oxygen atoms in total. The highest BCUT2D eigenvalue weighted by Gasteiger charge is 2.31. The first-order chi connectivity index (χ1) is 9.99. The average molecular weight is 288 g/mol. The van der Waals surface area contributed by atoms with Gasteiger partial charge in [0.1, 0.15) is 0 Å². The van der Waals surface area contributed by atoms with Crippen LogP contribution in [0.25, 0.3) is 0 Å². The van der Waals surface area contributed by atoms with Gasteiger partial charge in [0.25, 0.3) is 0 Å². The molecule has 0 aromatic heterocycles. The van der Waals surface area contributed by atoms with Crippen molar-refractivity contribution < 1.29 is 0 Å². The summed E-state index contributed by atoms with van der Waals surface area (Å²) >= 11 is 0. The van der Waals surface area contributed by atoms with E-state index in [1.54, 1.807) is 0 Å². The molecule has 1 aliphatic rings. The molecule has 0 saturated carbocycles. The van der Waals surface area contributed by atoms with E-state index in [1.807, 2.05) is 0 Å². The van der Waals surface area contributed by atoms with Gasteiger partial charge in [-0.3, -0.25) is 4.90 Å². The molecule has 1 aromatic rings. The zero-order valence-electron chi connectivity index (χ0n) is 14.2. The molecule has 2 unspecified atom stereocenters. The van der Waals surface area contributed by atoms with Crippen LogP contribution in [-0.4, -0.2) is 24.0 Å². The van der Waals surface area contributed by atoms with E-state index >= 15 is 0 Å². The van der Waals surface area contributed by atoms with Crippen LogP contribution in [0.2, 0.25) is 0 Å². The van der Waals surface area contributed by atoms with E-state index in [0.717, 1.165) is 6.42 Å². The first-order valence-electron chi connectivity index (χ1n) is 8.57. The quantitative estimate of drug-likeness (QED) is 0.882. The first-order valence-corrected chi connectivity index (χ1v) is 8.57. The fourth-order valence-electron chi connectivity index (χ4n) is 3.31. The minimum Gasteiger partial charge on any atom is -0.323 e. The van der Waals surface area contributed by atoms with Gasteiger partial charge in [-0.05, 0) is 55.8 Å². The number of benzene rings is 1. The summed E-state index contributed by atoms with van der Waals surface area (Å²) < 4.78 is 0. The van der Waals surface area contributed by atoms with E-state index in [1.165, 1.54) is 43.5 Å². The van der Waals surface area contributed by atoms with Gasteiger partial charge < -0.3 is 5.73 Å². The molecule has 2 rings (SSSR count). The molecule has 2 heteroatoms. The van der Waals surface area contributed by atoms with Gasteiger partial charge in [0.05, 0.1) is 0 Å². The lowest BCUT2D eigenvalue weighted by Gasteiger charge is -2.43. The molecular weight excluding hydrogens is 256 g/mol. The van der Waals surface area contributed by atoms with Crippen LogP contribution in [0.3, 0.4) is 0 Å². The van der Waals surface area contributed by atoms with Gasteiger partial charge in [0.15, 0.2) is 0 Å². The largest absolute Gasteiger partial charge is 0.323 e. The number of rotatable bonds is 5.